The number of nitrogens with zero attached hydrogens (tertiary/aromatic N) is 2. The molecule has 0 aliphatic carbocycles. The van der Waals surface area contributed by atoms with Crippen molar-refractivity contribution in [1.29, 1.82) is 5.26 Å². The van der Waals surface area contributed by atoms with Gasteiger partial charge in [-0.1, -0.05) is 0 Å². The first-order chi connectivity index (χ1) is 9.03. The number of aromatic nitrogens is 2. The first kappa shape index (κ1) is 13.2. The summed E-state index contributed by atoms with van der Waals surface area (Å²) in [5.74, 6) is -0.755. The van der Waals surface area contributed by atoms with Crippen LogP contribution in [0, 0.1) is 17.1 Å². The Morgan fingerprint density at radius 2 is 2.21 bits per heavy atom. The lowest BCUT2D eigenvalue weighted by Crippen LogP contribution is -2.23. The third-order valence-corrected chi connectivity index (χ3v) is 3.78. The maximum absolute atomic E-state index is 13.1. The van der Waals surface area contributed by atoms with Crippen LogP contribution in [0.15, 0.2) is 35.4 Å². The number of hydrogen-bond acceptors (Lipinski definition) is 4. The minimum absolute atomic E-state index is 0.0294. The molecule has 8 heteroatoms. The topological polar surface area (TPSA) is 98.6 Å². The molecule has 2 aromatic rings. The molecule has 2 N–H and O–H groups in total. The molecule has 0 bridgehead atoms. The van der Waals surface area contributed by atoms with Crippen molar-refractivity contribution in [3.05, 3.63) is 47.5 Å². The van der Waals surface area contributed by atoms with E-state index in [0.29, 0.717) is 5.69 Å². The number of rotatable bonds is 4. The zero-order valence-electron chi connectivity index (χ0n) is 9.59. The van der Waals surface area contributed by atoms with Crippen LogP contribution in [0.3, 0.4) is 0 Å². The van der Waals surface area contributed by atoms with E-state index in [0.717, 1.165) is 18.2 Å². The number of sulfonamides is 1. The van der Waals surface area contributed by atoms with Crippen LogP contribution in [-0.4, -0.2) is 18.6 Å². The Balaban J connectivity index is 2.22. The van der Waals surface area contributed by atoms with E-state index in [-0.39, 0.29) is 17.0 Å². The van der Waals surface area contributed by atoms with Crippen LogP contribution in [-0.2, 0) is 16.6 Å². The molecule has 0 unspecified atom stereocenters. The van der Waals surface area contributed by atoms with Crippen molar-refractivity contribution in [1.82, 2.24) is 14.9 Å². The number of nitriles is 1. The molecule has 0 fully saturated rings. The van der Waals surface area contributed by atoms with Gasteiger partial charge in [0.25, 0.3) is 0 Å². The molecule has 0 aliphatic rings. The normalized spacial score (nSPS) is 11.2. The number of hydrogen-bond donors (Lipinski definition) is 2. The third kappa shape index (κ3) is 2.96. The lowest BCUT2D eigenvalue weighted by Gasteiger charge is -2.06. The summed E-state index contributed by atoms with van der Waals surface area (Å²) < 4.78 is 39.3. The van der Waals surface area contributed by atoms with Gasteiger partial charge in [-0.3, -0.25) is 5.10 Å². The van der Waals surface area contributed by atoms with E-state index in [4.69, 9.17) is 5.26 Å². The van der Waals surface area contributed by atoms with Crippen LogP contribution >= 0.6 is 0 Å². The van der Waals surface area contributed by atoms with Crippen molar-refractivity contribution in [3.63, 3.8) is 0 Å². The Bertz CT molecular complexity index is 720. The molecular formula is C11H9FN4O2S. The van der Waals surface area contributed by atoms with Crippen molar-refractivity contribution in [2.24, 2.45) is 0 Å². The molecule has 1 aromatic heterocycles. The smallest absolute Gasteiger partial charge is 0.240 e. The fraction of sp³-hybridized carbons (Fsp3) is 0.0909. The average molecular weight is 280 g/mol. The third-order valence-electron chi connectivity index (χ3n) is 2.38. The Kier molecular flexibility index (Phi) is 3.59. The van der Waals surface area contributed by atoms with Gasteiger partial charge >= 0.3 is 0 Å². The maximum Gasteiger partial charge on any atom is 0.240 e. The molecule has 0 amide bonds. The van der Waals surface area contributed by atoms with E-state index in [1.165, 1.54) is 6.20 Å². The summed E-state index contributed by atoms with van der Waals surface area (Å²) in [7, 11) is -3.80. The van der Waals surface area contributed by atoms with Gasteiger partial charge in [0.15, 0.2) is 0 Å². The Labute approximate surface area is 108 Å². The standard InChI is InChI=1S/C11H9FN4O2S/c12-11-2-1-10(5-8(11)6-13)19(17,18)15-7-9-3-4-14-16-9/h1-5,15H,7H2,(H,14,16). The second-order valence-electron chi connectivity index (χ2n) is 3.66. The molecule has 19 heavy (non-hydrogen) atoms. The van der Waals surface area contributed by atoms with Gasteiger partial charge in [0, 0.05) is 6.20 Å². The molecule has 6 nitrogen and oxygen atoms in total. The van der Waals surface area contributed by atoms with E-state index < -0.39 is 15.8 Å². The van der Waals surface area contributed by atoms with Crippen molar-refractivity contribution in [3.8, 4) is 6.07 Å². The fourth-order valence-electron chi connectivity index (χ4n) is 1.40. The summed E-state index contributed by atoms with van der Waals surface area (Å²) >= 11 is 0. The molecule has 0 aliphatic heterocycles. The van der Waals surface area contributed by atoms with Crippen LogP contribution in [0.25, 0.3) is 0 Å². The molecule has 1 heterocycles. The minimum Gasteiger partial charge on any atom is -0.281 e. The summed E-state index contributed by atoms with van der Waals surface area (Å²) in [6.45, 7) is 0.0294. The van der Waals surface area contributed by atoms with E-state index in [2.05, 4.69) is 14.9 Å². The quantitative estimate of drug-likeness (QED) is 0.869. The minimum atomic E-state index is -3.80. The lowest BCUT2D eigenvalue weighted by atomic mass is 10.2. The summed E-state index contributed by atoms with van der Waals surface area (Å²) in [5.41, 5.74) is 0.274. The highest BCUT2D eigenvalue weighted by molar-refractivity contribution is 7.89. The predicted molar refractivity (Wildman–Crippen MR) is 63.7 cm³/mol. The maximum atomic E-state index is 13.1. The number of nitrogens with one attached hydrogen (secondary N) is 2. The largest absolute Gasteiger partial charge is 0.281 e. The lowest BCUT2D eigenvalue weighted by molar-refractivity contribution is 0.579. The Morgan fingerprint density at radius 3 is 2.84 bits per heavy atom. The molecule has 0 atom stereocenters. The number of aromatic amines is 1. The first-order valence-electron chi connectivity index (χ1n) is 5.20. The number of halogens is 1. The van der Waals surface area contributed by atoms with Gasteiger partial charge in [-0.25, -0.2) is 17.5 Å². The van der Waals surface area contributed by atoms with Gasteiger partial charge in [-0.05, 0) is 24.3 Å². The van der Waals surface area contributed by atoms with Gasteiger partial charge in [0.1, 0.15) is 11.9 Å². The molecule has 1 aromatic carbocycles. The van der Waals surface area contributed by atoms with Crippen molar-refractivity contribution >= 4 is 10.0 Å². The monoisotopic (exact) mass is 280 g/mol. The summed E-state index contributed by atoms with van der Waals surface area (Å²) in [6, 6.07) is 6.25. The highest BCUT2D eigenvalue weighted by Crippen LogP contribution is 2.14. The molecular weight excluding hydrogens is 271 g/mol. The van der Waals surface area contributed by atoms with E-state index in [9.17, 15) is 12.8 Å². The van der Waals surface area contributed by atoms with E-state index >= 15 is 0 Å². The second-order valence-corrected chi connectivity index (χ2v) is 5.43. The first-order valence-corrected chi connectivity index (χ1v) is 6.69. The van der Waals surface area contributed by atoms with Crippen LogP contribution in [0.2, 0.25) is 0 Å². The van der Waals surface area contributed by atoms with Gasteiger partial charge < -0.3 is 0 Å². The van der Waals surface area contributed by atoms with Crippen LogP contribution < -0.4 is 4.72 Å². The average Bonchev–Trinajstić information content (AvgIpc) is 2.90. The zero-order chi connectivity index (χ0) is 13.9. The van der Waals surface area contributed by atoms with E-state index in [1.807, 2.05) is 0 Å². The fourth-order valence-corrected chi connectivity index (χ4v) is 2.43. The Morgan fingerprint density at radius 1 is 1.42 bits per heavy atom. The van der Waals surface area contributed by atoms with Crippen molar-refractivity contribution in [2.75, 3.05) is 0 Å². The van der Waals surface area contributed by atoms with E-state index in [1.54, 1.807) is 12.1 Å². The summed E-state index contributed by atoms with van der Waals surface area (Å²) in [6.07, 6.45) is 1.50. The summed E-state index contributed by atoms with van der Waals surface area (Å²) in [5, 5.41) is 15.0. The number of benzene rings is 1. The summed E-state index contributed by atoms with van der Waals surface area (Å²) in [4.78, 5) is -0.162. The van der Waals surface area contributed by atoms with Crippen LogP contribution in [0.5, 0.6) is 0 Å². The Hall–Kier alpha value is -2.24. The molecule has 0 spiro atoms. The number of H-pyrrole nitrogens is 1. The molecule has 98 valence electrons. The van der Waals surface area contributed by atoms with Crippen molar-refractivity contribution < 1.29 is 12.8 Å². The van der Waals surface area contributed by atoms with Gasteiger partial charge in [0.2, 0.25) is 10.0 Å². The van der Waals surface area contributed by atoms with Gasteiger partial charge in [-0.2, -0.15) is 10.4 Å². The van der Waals surface area contributed by atoms with Crippen LogP contribution in [0.4, 0.5) is 4.39 Å². The van der Waals surface area contributed by atoms with Gasteiger partial charge in [0.05, 0.1) is 22.7 Å². The highest BCUT2D eigenvalue weighted by Gasteiger charge is 2.16. The molecule has 0 saturated carbocycles. The van der Waals surface area contributed by atoms with Crippen molar-refractivity contribution in [2.45, 2.75) is 11.4 Å². The van der Waals surface area contributed by atoms with Gasteiger partial charge in [-0.15, -0.1) is 0 Å². The zero-order valence-corrected chi connectivity index (χ0v) is 10.4. The SMILES string of the molecule is N#Cc1cc(S(=O)(=O)NCc2ccn[nH]2)ccc1F. The van der Waals surface area contributed by atoms with Crippen LogP contribution in [0.1, 0.15) is 11.3 Å². The highest BCUT2D eigenvalue weighted by atomic mass is 32.2. The predicted octanol–water partition coefficient (Wildman–Crippen LogP) is 0.899. The molecule has 2 rings (SSSR count). The molecule has 0 radical (unpaired) electrons. The second kappa shape index (κ2) is 5.17. The molecule has 0 saturated heterocycles.